The van der Waals surface area contributed by atoms with E-state index in [0.29, 0.717) is 24.7 Å². The van der Waals surface area contributed by atoms with Crippen LogP contribution >= 0.6 is 0 Å². The van der Waals surface area contributed by atoms with E-state index in [1.165, 1.54) is 6.20 Å². The molecule has 2 aliphatic heterocycles. The van der Waals surface area contributed by atoms with Crippen LogP contribution in [0.3, 0.4) is 0 Å². The van der Waals surface area contributed by atoms with Gasteiger partial charge in [-0.25, -0.2) is 9.97 Å². The van der Waals surface area contributed by atoms with Crippen LogP contribution in [-0.2, 0) is 9.47 Å². The monoisotopic (exact) mass is 370 g/mol. The summed E-state index contributed by atoms with van der Waals surface area (Å²) in [5.41, 5.74) is 0.842. The van der Waals surface area contributed by atoms with Gasteiger partial charge in [0.25, 0.3) is 5.91 Å². The van der Waals surface area contributed by atoms with E-state index in [1.54, 1.807) is 25.4 Å². The number of hydrogen-bond acceptors (Lipinski definition) is 7. The van der Waals surface area contributed by atoms with Crippen molar-refractivity contribution in [1.82, 2.24) is 9.97 Å². The Labute approximate surface area is 157 Å². The molecule has 0 atom stereocenters. The van der Waals surface area contributed by atoms with Crippen LogP contribution in [0.4, 0.5) is 11.5 Å². The van der Waals surface area contributed by atoms with E-state index in [9.17, 15) is 4.79 Å². The molecule has 0 radical (unpaired) electrons. The molecule has 27 heavy (non-hydrogen) atoms. The van der Waals surface area contributed by atoms with E-state index >= 15 is 0 Å². The summed E-state index contributed by atoms with van der Waals surface area (Å²) in [7, 11) is 1.56. The highest BCUT2D eigenvalue weighted by Gasteiger charge is 2.40. The molecule has 2 aliphatic rings. The second kappa shape index (κ2) is 7.50. The van der Waals surface area contributed by atoms with Crippen LogP contribution in [0.15, 0.2) is 36.7 Å². The third kappa shape index (κ3) is 3.72. The van der Waals surface area contributed by atoms with Gasteiger partial charge in [0.2, 0.25) is 0 Å². The molecule has 8 nitrogen and oxygen atoms in total. The number of piperidine rings is 1. The molecule has 0 saturated carbocycles. The maximum Gasteiger partial charge on any atom is 0.275 e. The Morgan fingerprint density at radius 3 is 2.56 bits per heavy atom. The van der Waals surface area contributed by atoms with Gasteiger partial charge in [-0.3, -0.25) is 4.79 Å². The fraction of sp³-hybridized carbons (Fsp3) is 0.421. The van der Waals surface area contributed by atoms with Crippen LogP contribution in [0.25, 0.3) is 0 Å². The lowest BCUT2D eigenvalue weighted by atomic mass is 10.0. The van der Waals surface area contributed by atoms with E-state index < -0.39 is 5.79 Å². The van der Waals surface area contributed by atoms with Gasteiger partial charge in [0.1, 0.15) is 17.3 Å². The van der Waals surface area contributed by atoms with Crippen molar-refractivity contribution in [3.8, 4) is 5.75 Å². The van der Waals surface area contributed by atoms with Gasteiger partial charge in [-0.15, -0.1) is 0 Å². The molecule has 0 bridgehead atoms. The van der Waals surface area contributed by atoms with Crippen molar-refractivity contribution in [2.75, 3.05) is 43.6 Å². The van der Waals surface area contributed by atoms with Crippen LogP contribution in [0.1, 0.15) is 23.3 Å². The van der Waals surface area contributed by atoms with E-state index in [2.05, 4.69) is 20.2 Å². The second-order valence-corrected chi connectivity index (χ2v) is 6.51. The third-order valence-electron chi connectivity index (χ3n) is 4.89. The minimum atomic E-state index is -0.418. The molecule has 0 unspecified atom stereocenters. The largest absolute Gasteiger partial charge is 0.495 e. The molecule has 1 N–H and O–H groups in total. The summed E-state index contributed by atoms with van der Waals surface area (Å²) in [4.78, 5) is 23.2. The number of hydrogen-bond donors (Lipinski definition) is 1. The van der Waals surface area contributed by atoms with Gasteiger partial charge in [-0.1, -0.05) is 12.1 Å². The predicted octanol–water partition coefficient (Wildman–Crippen LogP) is 2.08. The molecule has 1 aromatic heterocycles. The first-order valence-corrected chi connectivity index (χ1v) is 8.98. The fourth-order valence-electron chi connectivity index (χ4n) is 3.40. The highest BCUT2D eigenvalue weighted by atomic mass is 16.7. The second-order valence-electron chi connectivity index (χ2n) is 6.51. The number of methoxy groups -OCH3 is 1. The van der Waals surface area contributed by atoms with E-state index in [0.717, 1.165) is 31.7 Å². The number of carbonyl (C=O) groups is 1. The highest BCUT2D eigenvalue weighted by Crippen LogP contribution is 2.32. The van der Waals surface area contributed by atoms with E-state index in [1.807, 2.05) is 12.1 Å². The maximum absolute atomic E-state index is 12.4. The average molecular weight is 370 g/mol. The summed E-state index contributed by atoms with van der Waals surface area (Å²) in [6.45, 7) is 2.88. The van der Waals surface area contributed by atoms with Crippen LogP contribution in [0.2, 0.25) is 0 Å². The molecule has 4 rings (SSSR count). The van der Waals surface area contributed by atoms with Crippen LogP contribution in [0.5, 0.6) is 5.75 Å². The topological polar surface area (TPSA) is 85.8 Å². The zero-order valence-corrected chi connectivity index (χ0v) is 15.2. The fourth-order valence-corrected chi connectivity index (χ4v) is 3.40. The molecule has 0 aliphatic carbocycles. The van der Waals surface area contributed by atoms with Crippen molar-refractivity contribution in [3.05, 3.63) is 42.4 Å². The summed E-state index contributed by atoms with van der Waals surface area (Å²) in [5.74, 6) is 0.591. The molecule has 1 aromatic carbocycles. The zero-order chi connectivity index (χ0) is 18.7. The zero-order valence-electron chi connectivity index (χ0n) is 15.2. The van der Waals surface area contributed by atoms with E-state index in [4.69, 9.17) is 14.2 Å². The van der Waals surface area contributed by atoms with Crippen molar-refractivity contribution in [1.29, 1.82) is 0 Å². The number of anilines is 2. The third-order valence-corrected chi connectivity index (χ3v) is 4.89. The number of amides is 1. The van der Waals surface area contributed by atoms with Gasteiger partial charge in [-0.2, -0.15) is 0 Å². The van der Waals surface area contributed by atoms with Crippen LogP contribution in [0, 0.1) is 0 Å². The molecule has 2 aromatic rings. The Bertz CT molecular complexity index is 796. The van der Waals surface area contributed by atoms with Gasteiger partial charge >= 0.3 is 0 Å². The lowest BCUT2D eigenvalue weighted by Gasteiger charge is -2.37. The normalized spacial score (nSPS) is 18.5. The van der Waals surface area contributed by atoms with Crippen molar-refractivity contribution in [2.45, 2.75) is 18.6 Å². The lowest BCUT2D eigenvalue weighted by Crippen LogP contribution is -2.45. The molecule has 142 valence electrons. The predicted molar refractivity (Wildman–Crippen MR) is 99.1 cm³/mol. The van der Waals surface area contributed by atoms with Crippen LogP contribution in [-0.4, -0.2) is 55.1 Å². The number of para-hydroxylation sites is 2. The van der Waals surface area contributed by atoms with Crippen LogP contribution < -0.4 is 15.0 Å². The highest BCUT2D eigenvalue weighted by molar-refractivity contribution is 6.03. The number of ether oxygens (including phenoxy) is 3. The summed E-state index contributed by atoms with van der Waals surface area (Å²) in [5, 5.41) is 2.80. The lowest BCUT2D eigenvalue weighted by molar-refractivity contribution is -0.169. The van der Waals surface area contributed by atoms with Gasteiger partial charge < -0.3 is 24.4 Å². The summed E-state index contributed by atoms with van der Waals surface area (Å²) >= 11 is 0. The van der Waals surface area contributed by atoms with Gasteiger partial charge in [-0.05, 0) is 12.1 Å². The van der Waals surface area contributed by atoms with Gasteiger partial charge in [0, 0.05) is 25.9 Å². The summed E-state index contributed by atoms with van der Waals surface area (Å²) in [6, 6.07) is 7.22. The van der Waals surface area contributed by atoms with Gasteiger partial charge in [0.05, 0.1) is 38.4 Å². The first-order chi connectivity index (χ1) is 13.2. The number of nitrogens with zero attached hydrogens (tertiary/aromatic N) is 3. The standard InChI is InChI=1S/C19H22N4O4/c1-25-16-5-3-2-4-14(16)22-18(24)15-12-21-17(13-20-15)23-8-6-19(7-9-23)26-10-11-27-19/h2-5,12-13H,6-11H2,1H3,(H,22,24). The maximum atomic E-state index is 12.4. The van der Waals surface area contributed by atoms with Crippen molar-refractivity contribution in [2.24, 2.45) is 0 Å². The Kier molecular flexibility index (Phi) is 4.91. The Morgan fingerprint density at radius 2 is 1.89 bits per heavy atom. The van der Waals surface area contributed by atoms with Crippen molar-refractivity contribution < 1.29 is 19.0 Å². The SMILES string of the molecule is COc1ccccc1NC(=O)c1cnc(N2CCC3(CC2)OCCO3)cn1. The number of nitrogens with one attached hydrogen (secondary N) is 1. The Morgan fingerprint density at radius 1 is 1.15 bits per heavy atom. The van der Waals surface area contributed by atoms with Crippen molar-refractivity contribution in [3.63, 3.8) is 0 Å². The minimum absolute atomic E-state index is 0.251. The molecule has 1 spiro atoms. The number of carbonyl (C=O) groups excluding carboxylic acids is 1. The molecule has 8 heteroatoms. The number of rotatable bonds is 4. The Hall–Kier alpha value is -2.71. The first kappa shape index (κ1) is 17.7. The Balaban J connectivity index is 1.39. The minimum Gasteiger partial charge on any atom is -0.495 e. The first-order valence-electron chi connectivity index (χ1n) is 8.98. The number of aromatic nitrogens is 2. The molecular weight excluding hydrogens is 348 g/mol. The average Bonchev–Trinajstić information content (AvgIpc) is 3.17. The summed E-state index contributed by atoms with van der Waals surface area (Å²) < 4.78 is 16.7. The number of benzene rings is 1. The molecule has 3 heterocycles. The van der Waals surface area contributed by atoms with Crippen molar-refractivity contribution >= 4 is 17.4 Å². The smallest absolute Gasteiger partial charge is 0.275 e. The van der Waals surface area contributed by atoms with Gasteiger partial charge in [0.15, 0.2) is 5.79 Å². The summed E-state index contributed by atoms with van der Waals surface area (Å²) in [6.07, 6.45) is 4.72. The quantitative estimate of drug-likeness (QED) is 0.882. The molecule has 2 saturated heterocycles. The van der Waals surface area contributed by atoms with E-state index in [-0.39, 0.29) is 11.6 Å². The molecule has 1 amide bonds. The molecule has 2 fully saturated rings. The molecular formula is C19H22N4O4.